The van der Waals surface area contributed by atoms with E-state index in [4.69, 9.17) is 18.9 Å². The smallest absolute Gasteiger partial charge is 0.331 e. The quantitative estimate of drug-likeness (QED) is 0.507. The Morgan fingerprint density at radius 3 is 1.69 bits per heavy atom. The molecule has 0 radical (unpaired) electrons. The third-order valence-corrected chi connectivity index (χ3v) is 5.37. The van der Waals surface area contributed by atoms with E-state index >= 15 is 0 Å². The number of hydrogen-bond donors (Lipinski definition) is 0. The minimum Gasteiger partial charge on any atom is -0.494 e. The summed E-state index contributed by atoms with van der Waals surface area (Å²) in [5.74, 6) is 0.950. The van der Waals surface area contributed by atoms with Crippen molar-refractivity contribution in [2.24, 2.45) is 11.8 Å². The molecule has 0 aromatic carbocycles. The van der Waals surface area contributed by atoms with Crippen LogP contribution in [-0.2, 0) is 28.5 Å². The molecule has 0 fully saturated rings. The maximum absolute atomic E-state index is 11.6. The van der Waals surface area contributed by atoms with Crippen molar-refractivity contribution in [3.63, 3.8) is 0 Å². The predicted octanol–water partition coefficient (Wildman–Crippen LogP) is 3.29. The van der Waals surface area contributed by atoms with Crippen LogP contribution in [0.5, 0.6) is 0 Å². The van der Waals surface area contributed by atoms with Crippen molar-refractivity contribution < 1.29 is 28.5 Å². The fourth-order valence-corrected chi connectivity index (χ4v) is 3.83. The van der Waals surface area contributed by atoms with Crippen LogP contribution in [0.2, 0.25) is 0 Å². The van der Waals surface area contributed by atoms with Gasteiger partial charge in [-0.3, -0.25) is 0 Å². The monoisotopic (exact) mass is 396 g/mol. The van der Waals surface area contributed by atoms with Crippen LogP contribution in [0.15, 0.2) is 71.3 Å². The van der Waals surface area contributed by atoms with Gasteiger partial charge in [-0.2, -0.15) is 0 Å². The maximum Gasteiger partial charge on any atom is 0.331 e. The van der Waals surface area contributed by atoms with Crippen molar-refractivity contribution in [1.82, 2.24) is 0 Å². The average Bonchev–Trinajstić information content (AvgIpc) is 2.67. The minimum absolute atomic E-state index is 0.0876. The van der Waals surface area contributed by atoms with E-state index in [1.54, 1.807) is 0 Å². The molecule has 0 amide bonds. The molecule has 29 heavy (non-hydrogen) atoms. The number of rotatable bonds is 6. The van der Waals surface area contributed by atoms with Gasteiger partial charge >= 0.3 is 11.9 Å². The van der Waals surface area contributed by atoms with Crippen molar-refractivity contribution >= 4 is 11.9 Å². The predicted molar refractivity (Wildman–Crippen MR) is 105 cm³/mol. The zero-order valence-electron chi connectivity index (χ0n) is 16.5. The molecule has 0 N–H and O–H groups in total. The van der Waals surface area contributed by atoms with Gasteiger partial charge in [-0.05, 0) is 38.2 Å². The van der Waals surface area contributed by atoms with Gasteiger partial charge in [0.05, 0.1) is 13.2 Å². The Bertz CT molecular complexity index is 813. The second-order valence-corrected chi connectivity index (χ2v) is 7.54. The Morgan fingerprint density at radius 1 is 0.793 bits per heavy atom. The summed E-state index contributed by atoms with van der Waals surface area (Å²) in [6.45, 7) is 4.83. The number of ether oxygens (including phenoxy) is 4. The van der Waals surface area contributed by atoms with E-state index in [2.05, 4.69) is 0 Å². The Morgan fingerprint density at radius 2 is 1.24 bits per heavy atom. The molecule has 152 valence electrons. The second kappa shape index (κ2) is 8.15. The summed E-state index contributed by atoms with van der Waals surface area (Å²) >= 11 is 0. The van der Waals surface area contributed by atoms with Crippen molar-refractivity contribution in [3.05, 3.63) is 71.3 Å². The highest BCUT2D eigenvalue weighted by Crippen LogP contribution is 2.31. The third kappa shape index (κ3) is 4.36. The Hall–Kier alpha value is -3.02. The summed E-state index contributed by atoms with van der Waals surface area (Å²) in [6.07, 6.45) is 14.7. The van der Waals surface area contributed by atoms with E-state index in [0.717, 1.165) is 11.1 Å². The van der Waals surface area contributed by atoms with Gasteiger partial charge in [0.25, 0.3) is 0 Å². The summed E-state index contributed by atoms with van der Waals surface area (Å²) < 4.78 is 22.3. The van der Waals surface area contributed by atoms with Gasteiger partial charge in [-0.1, -0.05) is 23.3 Å². The molecule has 0 spiro atoms. The molecule has 4 atom stereocenters. The van der Waals surface area contributed by atoms with Crippen molar-refractivity contribution in [3.8, 4) is 0 Å². The summed E-state index contributed by atoms with van der Waals surface area (Å²) in [4.78, 5) is 23.1. The average molecular weight is 396 g/mol. The fourth-order valence-electron chi connectivity index (χ4n) is 3.83. The molecule has 0 saturated carbocycles. The van der Waals surface area contributed by atoms with Gasteiger partial charge in [-0.15, -0.1) is 0 Å². The molecule has 0 bridgehead atoms. The number of allylic oxidation sites excluding steroid dienone is 2. The van der Waals surface area contributed by atoms with E-state index < -0.39 is 0 Å². The molecule has 0 aromatic heterocycles. The molecule has 2 aliphatic carbocycles. The van der Waals surface area contributed by atoms with Crippen molar-refractivity contribution in [2.75, 3.05) is 13.2 Å². The Balaban J connectivity index is 1.21. The van der Waals surface area contributed by atoms with Crippen LogP contribution in [-0.4, -0.2) is 37.4 Å². The molecule has 0 saturated heterocycles. The van der Waals surface area contributed by atoms with Gasteiger partial charge in [0, 0.05) is 30.4 Å². The standard InChI is InChI=1S/C23H24O6/c1-14-10-22(24)28-20-12-16(4-6-18(14)20)26-8-3-9-27-17-5-7-19-15(2)11-23(25)29-21(19)13-17/h4-7,10-13,18-21H,3,8-9H2,1-2H3/t18-,19-,20-,21+/m0/s1. The molecule has 0 aromatic rings. The summed E-state index contributed by atoms with van der Waals surface area (Å²) in [5, 5.41) is 0. The molecule has 2 heterocycles. The Kier molecular flexibility index (Phi) is 5.43. The summed E-state index contributed by atoms with van der Waals surface area (Å²) in [7, 11) is 0. The normalized spacial score (nSPS) is 30.0. The lowest BCUT2D eigenvalue weighted by Crippen LogP contribution is -2.31. The van der Waals surface area contributed by atoms with E-state index in [1.807, 2.05) is 50.3 Å². The molecular formula is C23H24O6. The lowest BCUT2D eigenvalue weighted by Gasteiger charge is -2.29. The number of carbonyl (C=O) groups is 2. The third-order valence-electron chi connectivity index (χ3n) is 5.37. The maximum atomic E-state index is 11.6. The molecule has 6 nitrogen and oxygen atoms in total. The summed E-state index contributed by atoms with van der Waals surface area (Å²) in [5.41, 5.74) is 1.99. The van der Waals surface area contributed by atoms with Crippen LogP contribution >= 0.6 is 0 Å². The molecule has 0 unspecified atom stereocenters. The van der Waals surface area contributed by atoms with Gasteiger partial charge in [0.1, 0.15) is 23.7 Å². The van der Waals surface area contributed by atoms with Crippen LogP contribution < -0.4 is 0 Å². The lowest BCUT2D eigenvalue weighted by atomic mass is 9.88. The summed E-state index contributed by atoms with van der Waals surface area (Å²) in [6, 6.07) is 0. The fraction of sp³-hybridized carbons (Fsp3) is 0.391. The molecule has 4 aliphatic rings. The van der Waals surface area contributed by atoms with E-state index in [0.29, 0.717) is 31.2 Å². The highest BCUT2D eigenvalue weighted by molar-refractivity contribution is 5.85. The van der Waals surface area contributed by atoms with Gasteiger partial charge in [0.15, 0.2) is 0 Å². The SMILES string of the molecule is CC1=CC(=O)O[C@H]2C=C(OCCCOC3=C[C@H]4OC(=O)C=C(C)[C@@H]4C=C3)C=C[C@@H]12. The molecule has 6 heteroatoms. The molecule has 4 rings (SSSR count). The molecule has 2 aliphatic heterocycles. The van der Waals surface area contributed by atoms with E-state index in [1.165, 1.54) is 12.2 Å². The minimum atomic E-state index is -0.312. The second-order valence-electron chi connectivity index (χ2n) is 7.54. The van der Waals surface area contributed by atoms with Gasteiger partial charge in [-0.25, -0.2) is 9.59 Å². The Labute approximate surface area is 169 Å². The number of esters is 2. The first-order valence-electron chi connectivity index (χ1n) is 9.83. The molecular weight excluding hydrogens is 372 g/mol. The van der Waals surface area contributed by atoms with Gasteiger partial charge in [0.2, 0.25) is 0 Å². The highest BCUT2D eigenvalue weighted by Gasteiger charge is 2.31. The van der Waals surface area contributed by atoms with Crippen LogP contribution in [0, 0.1) is 11.8 Å². The van der Waals surface area contributed by atoms with Crippen LogP contribution in [0.25, 0.3) is 0 Å². The van der Waals surface area contributed by atoms with Gasteiger partial charge < -0.3 is 18.9 Å². The zero-order chi connectivity index (χ0) is 20.4. The van der Waals surface area contributed by atoms with E-state index in [9.17, 15) is 9.59 Å². The van der Waals surface area contributed by atoms with Crippen LogP contribution in [0.3, 0.4) is 0 Å². The topological polar surface area (TPSA) is 71.1 Å². The van der Waals surface area contributed by atoms with Crippen LogP contribution in [0.4, 0.5) is 0 Å². The van der Waals surface area contributed by atoms with Crippen molar-refractivity contribution in [2.45, 2.75) is 32.5 Å². The van der Waals surface area contributed by atoms with Crippen molar-refractivity contribution in [1.29, 1.82) is 0 Å². The first-order chi connectivity index (χ1) is 14.0. The number of carbonyl (C=O) groups excluding carboxylic acids is 2. The first kappa shape index (κ1) is 19.3. The number of hydrogen-bond acceptors (Lipinski definition) is 6. The highest BCUT2D eigenvalue weighted by atomic mass is 16.6. The first-order valence-corrected chi connectivity index (χ1v) is 9.83. The number of fused-ring (bicyclic) bond motifs is 2. The zero-order valence-corrected chi connectivity index (χ0v) is 16.5. The van der Waals surface area contributed by atoms with E-state index in [-0.39, 0.29) is 36.0 Å². The van der Waals surface area contributed by atoms with Crippen LogP contribution in [0.1, 0.15) is 20.3 Å². The largest absolute Gasteiger partial charge is 0.494 e. The lowest BCUT2D eigenvalue weighted by molar-refractivity contribution is -0.144.